The summed E-state index contributed by atoms with van der Waals surface area (Å²) >= 11 is 0. The first-order chi connectivity index (χ1) is 15.0. The molecule has 0 spiro atoms. The second kappa shape index (κ2) is 8.31. The van der Waals surface area contributed by atoms with Crippen LogP contribution in [0.1, 0.15) is 5.56 Å². The number of oxazole rings is 1. The fourth-order valence-corrected chi connectivity index (χ4v) is 3.36. The SMILES string of the molecule is COC(=O)C1=C(C(=O)OC)N(c2ccc3oc(-c4ccccc4C)nc3c2)C=CC=C1. The van der Waals surface area contributed by atoms with Crippen LogP contribution in [0.4, 0.5) is 5.69 Å². The summed E-state index contributed by atoms with van der Waals surface area (Å²) in [6.07, 6.45) is 6.55. The van der Waals surface area contributed by atoms with Gasteiger partial charge in [-0.1, -0.05) is 24.3 Å². The molecule has 1 aliphatic heterocycles. The maximum Gasteiger partial charge on any atom is 0.355 e. The van der Waals surface area contributed by atoms with Crippen molar-refractivity contribution in [2.75, 3.05) is 19.1 Å². The standard InChI is InChI=1S/C24H20N2O5/c1-15-8-4-5-9-17(15)22-25-19-14-16(11-12-20(19)31-22)26-13-7-6-10-18(23(27)29-2)21(26)24(28)30-3/h4-14H,1-3H3. The number of aromatic nitrogens is 1. The van der Waals surface area contributed by atoms with E-state index in [1.165, 1.54) is 20.3 Å². The van der Waals surface area contributed by atoms with Crippen molar-refractivity contribution in [2.24, 2.45) is 0 Å². The summed E-state index contributed by atoms with van der Waals surface area (Å²) in [5, 5.41) is 0. The Morgan fingerprint density at radius 1 is 1.00 bits per heavy atom. The van der Waals surface area contributed by atoms with Gasteiger partial charge in [-0.2, -0.15) is 0 Å². The van der Waals surface area contributed by atoms with Crippen LogP contribution >= 0.6 is 0 Å². The molecular weight excluding hydrogens is 396 g/mol. The van der Waals surface area contributed by atoms with Crippen molar-refractivity contribution < 1.29 is 23.5 Å². The normalized spacial score (nSPS) is 13.5. The number of allylic oxidation sites excluding steroid dienone is 2. The molecule has 0 saturated heterocycles. The van der Waals surface area contributed by atoms with Gasteiger partial charge in [0.25, 0.3) is 0 Å². The average molecular weight is 416 g/mol. The van der Waals surface area contributed by atoms with E-state index in [1.54, 1.807) is 41.5 Å². The molecule has 1 aliphatic rings. The number of esters is 2. The van der Waals surface area contributed by atoms with E-state index in [0.29, 0.717) is 22.7 Å². The van der Waals surface area contributed by atoms with Crippen LogP contribution in [0.3, 0.4) is 0 Å². The Hall–Kier alpha value is -4.13. The number of carbonyl (C=O) groups is 2. The van der Waals surface area contributed by atoms with Gasteiger partial charge < -0.3 is 18.8 Å². The fraction of sp³-hybridized carbons (Fsp3) is 0.125. The Balaban J connectivity index is 1.83. The molecule has 156 valence electrons. The van der Waals surface area contributed by atoms with E-state index in [4.69, 9.17) is 13.9 Å². The monoisotopic (exact) mass is 416 g/mol. The fourth-order valence-electron chi connectivity index (χ4n) is 3.36. The summed E-state index contributed by atoms with van der Waals surface area (Å²) in [7, 11) is 2.52. The Morgan fingerprint density at radius 2 is 1.77 bits per heavy atom. The summed E-state index contributed by atoms with van der Waals surface area (Å²) in [5.74, 6) is -0.801. The van der Waals surface area contributed by atoms with Gasteiger partial charge in [0, 0.05) is 17.5 Å². The van der Waals surface area contributed by atoms with E-state index < -0.39 is 11.9 Å². The predicted molar refractivity (Wildman–Crippen MR) is 116 cm³/mol. The van der Waals surface area contributed by atoms with Crippen molar-refractivity contribution in [1.82, 2.24) is 4.98 Å². The zero-order chi connectivity index (χ0) is 22.0. The van der Waals surface area contributed by atoms with E-state index in [1.807, 2.05) is 31.2 Å². The zero-order valence-electron chi connectivity index (χ0n) is 17.3. The van der Waals surface area contributed by atoms with Crippen LogP contribution in [0.5, 0.6) is 0 Å². The third kappa shape index (κ3) is 3.73. The van der Waals surface area contributed by atoms with Crippen LogP contribution in [0.25, 0.3) is 22.6 Å². The topological polar surface area (TPSA) is 81.9 Å². The molecular formula is C24H20N2O5. The number of aryl methyl sites for hydroxylation is 1. The lowest BCUT2D eigenvalue weighted by Crippen LogP contribution is -2.26. The van der Waals surface area contributed by atoms with Crippen LogP contribution in [-0.2, 0) is 19.1 Å². The summed E-state index contributed by atoms with van der Waals surface area (Å²) in [6, 6.07) is 13.2. The Bertz CT molecular complexity index is 1270. The van der Waals surface area contributed by atoms with Crippen LogP contribution in [-0.4, -0.2) is 31.1 Å². The summed E-state index contributed by atoms with van der Waals surface area (Å²) in [6.45, 7) is 1.99. The molecule has 0 N–H and O–H groups in total. The Labute approximate surface area is 178 Å². The average Bonchev–Trinajstić information content (AvgIpc) is 3.08. The van der Waals surface area contributed by atoms with E-state index in [2.05, 4.69) is 4.98 Å². The molecule has 2 aromatic carbocycles. The highest BCUT2D eigenvalue weighted by Gasteiger charge is 2.27. The first-order valence-corrected chi connectivity index (χ1v) is 9.55. The molecule has 0 unspecified atom stereocenters. The molecule has 0 saturated carbocycles. The summed E-state index contributed by atoms with van der Waals surface area (Å²) < 4.78 is 15.7. The molecule has 7 nitrogen and oxygen atoms in total. The van der Waals surface area contributed by atoms with Crippen molar-refractivity contribution >= 4 is 28.7 Å². The summed E-state index contributed by atoms with van der Waals surface area (Å²) in [4.78, 5) is 31.1. The van der Waals surface area contributed by atoms with E-state index in [0.717, 1.165) is 11.1 Å². The van der Waals surface area contributed by atoms with Gasteiger partial charge in [0.15, 0.2) is 5.58 Å². The number of anilines is 1. The van der Waals surface area contributed by atoms with Gasteiger partial charge in [-0.15, -0.1) is 0 Å². The number of hydrogen-bond acceptors (Lipinski definition) is 7. The van der Waals surface area contributed by atoms with E-state index in [-0.39, 0.29) is 11.3 Å². The van der Waals surface area contributed by atoms with Gasteiger partial charge in [0.1, 0.15) is 11.2 Å². The van der Waals surface area contributed by atoms with E-state index in [9.17, 15) is 9.59 Å². The Morgan fingerprint density at radius 3 is 2.52 bits per heavy atom. The number of carbonyl (C=O) groups excluding carboxylic acids is 2. The van der Waals surface area contributed by atoms with E-state index >= 15 is 0 Å². The minimum Gasteiger partial charge on any atom is -0.465 e. The molecule has 3 aromatic rings. The lowest BCUT2D eigenvalue weighted by atomic mass is 10.1. The lowest BCUT2D eigenvalue weighted by molar-refractivity contribution is -0.139. The van der Waals surface area contributed by atoms with Crippen LogP contribution < -0.4 is 4.90 Å². The minimum absolute atomic E-state index is 0.0429. The molecule has 7 heteroatoms. The molecule has 31 heavy (non-hydrogen) atoms. The number of rotatable bonds is 4. The lowest BCUT2D eigenvalue weighted by Gasteiger charge is -2.22. The molecule has 0 radical (unpaired) electrons. The number of ether oxygens (including phenoxy) is 2. The number of fused-ring (bicyclic) bond motifs is 1. The molecule has 0 bridgehead atoms. The highest BCUT2D eigenvalue weighted by molar-refractivity contribution is 6.05. The summed E-state index contributed by atoms with van der Waals surface area (Å²) in [5.41, 5.74) is 3.91. The van der Waals surface area contributed by atoms with Gasteiger partial charge in [-0.25, -0.2) is 14.6 Å². The molecule has 2 heterocycles. The molecule has 0 fully saturated rings. The maximum absolute atomic E-state index is 12.6. The Kier molecular flexibility index (Phi) is 5.41. The van der Waals surface area contributed by atoms with Crippen molar-refractivity contribution in [3.8, 4) is 11.5 Å². The smallest absolute Gasteiger partial charge is 0.355 e. The number of nitrogens with zero attached hydrogens (tertiary/aromatic N) is 2. The second-order valence-electron chi connectivity index (χ2n) is 6.80. The molecule has 4 rings (SSSR count). The first-order valence-electron chi connectivity index (χ1n) is 9.55. The third-order valence-electron chi connectivity index (χ3n) is 4.91. The van der Waals surface area contributed by atoms with Crippen molar-refractivity contribution in [3.63, 3.8) is 0 Å². The minimum atomic E-state index is -0.669. The van der Waals surface area contributed by atoms with Gasteiger partial charge in [0.2, 0.25) is 5.89 Å². The quantitative estimate of drug-likeness (QED) is 0.587. The highest BCUT2D eigenvalue weighted by atomic mass is 16.5. The van der Waals surface area contributed by atoms with Crippen molar-refractivity contribution in [3.05, 3.63) is 83.7 Å². The van der Waals surface area contributed by atoms with Gasteiger partial charge in [-0.05, 0) is 48.9 Å². The second-order valence-corrected chi connectivity index (χ2v) is 6.80. The number of hydrogen-bond donors (Lipinski definition) is 0. The molecule has 0 aliphatic carbocycles. The molecule has 0 atom stereocenters. The first kappa shape index (κ1) is 20.2. The molecule has 1 aromatic heterocycles. The van der Waals surface area contributed by atoms with Crippen LogP contribution in [0, 0.1) is 6.92 Å². The van der Waals surface area contributed by atoms with Gasteiger partial charge >= 0.3 is 11.9 Å². The number of methoxy groups -OCH3 is 2. The highest BCUT2D eigenvalue weighted by Crippen LogP contribution is 2.32. The largest absolute Gasteiger partial charge is 0.465 e. The third-order valence-corrected chi connectivity index (χ3v) is 4.91. The molecule has 0 amide bonds. The van der Waals surface area contributed by atoms with Crippen LogP contribution in [0.2, 0.25) is 0 Å². The zero-order valence-corrected chi connectivity index (χ0v) is 17.3. The van der Waals surface area contributed by atoms with Crippen molar-refractivity contribution in [2.45, 2.75) is 6.92 Å². The van der Waals surface area contributed by atoms with Crippen molar-refractivity contribution in [1.29, 1.82) is 0 Å². The number of benzene rings is 2. The predicted octanol–water partition coefficient (Wildman–Crippen LogP) is 4.29. The maximum atomic E-state index is 12.6. The van der Waals surface area contributed by atoms with Crippen LogP contribution in [0.15, 0.2) is 82.6 Å². The van der Waals surface area contributed by atoms with Gasteiger partial charge in [0.05, 0.1) is 19.8 Å². The van der Waals surface area contributed by atoms with Gasteiger partial charge in [-0.3, -0.25) is 0 Å².